The van der Waals surface area contributed by atoms with Crippen LogP contribution in [0.15, 0.2) is 54.6 Å². The Hall–Kier alpha value is -1.96. The molecule has 1 heterocycles. The first-order valence-electron chi connectivity index (χ1n) is 5.76. The Morgan fingerprint density at radius 1 is 0.824 bits per heavy atom. The van der Waals surface area contributed by atoms with Crippen LogP contribution in [-0.2, 0) is 6.42 Å². The van der Waals surface area contributed by atoms with Crippen LogP contribution in [0, 0.1) is 0 Å². The molecule has 0 aliphatic carbocycles. The van der Waals surface area contributed by atoms with E-state index in [9.17, 15) is 0 Å². The minimum atomic E-state index is -0.592. The minimum Gasteiger partial charge on any atom is -0.448 e. The second kappa shape index (κ2) is 3.81. The SMILES string of the molecule is CC1(Cc2ccccc2)Oc2ccccc2O1. The fourth-order valence-corrected chi connectivity index (χ4v) is 2.14. The van der Waals surface area contributed by atoms with Crippen molar-refractivity contribution in [2.45, 2.75) is 19.1 Å². The molecule has 0 unspecified atom stereocenters. The molecule has 17 heavy (non-hydrogen) atoms. The van der Waals surface area contributed by atoms with E-state index in [2.05, 4.69) is 12.1 Å². The van der Waals surface area contributed by atoms with Crippen molar-refractivity contribution in [2.24, 2.45) is 0 Å². The Kier molecular flexibility index (Phi) is 2.29. The summed E-state index contributed by atoms with van der Waals surface area (Å²) in [5, 5.41) is 0. The highest BCUT2D eigenvalue weighted by atomic mass is 16.7. The number of rotatable bonds is 2. The molecule has 86 valence electrons. The van der Waals surface area contributed by atoms with E-state index in [1.807, 2.05) is 49.4 Å². The average Bonchev–Trinajstić information content (AvgIpc) is 2.66. The van der Waals surface area contributed by atoms with Crippen LogP contribution < -0.4 is 9.47 Å². The van der Waals surface area contributed by atoms with Gasteiger partial charge in [0.2, 0.25) is 0 Å². The van der Waals surface area contributed by atoms with Crippen molar-refractivity contribution in [3.05, 3.63) is 60.2 Å². The van der Waals surface area contributed by atoms with Crippen molar-refractivity contribution < 1.29 is 9.47 Å². The molecule has 0 saturated heterocycles. The average molecular weight is 226 g/mol. The number of hydrogen-bond donors (Lipinski definition) is 0. The molecule has 0 radical (unpaired) electrons. The van der Waals surface area contributed by atoms with Gasteiger partial charge in [-0.1, -0.05) is 42.5 Å². The normalized spacial score (nSPS) is 15.8. The zero-order valence-corrected chi connectivity index (χ0v) is 9.72. The summed E-state index contributed by atoms with van der Waals surface area (Å²) in [5.41, 5.74) is 1.21. The topological polar surface area (TPSA) is 18.5 Å². The second-order valence-corrected chi connectivity index (χ2v) is 4.45. The monoisotopic (exact) mass is 226 g/mol. The molecule has 0 fully saturated rings. The van der Waals surface area contributed by atoms with Gasteiger partial charge in [-0.05, 0) is 17.7 Å². The van der Waals surface area contributed by atoms with Crippen molar-refractivity contribution in [2.75, 3.05) is 0 Å². The molecule has 0 atom stereocenters. The Morgan fingerprint density at radius 2 is 1.35 bits per heavy atom. The van der Waals surface area contributed by atoms with Gasteiger partial charge >= 0.3 is 0 Å². The predicted octanol–water partition coefficient (Wildman–Crippen LogP) is 3.42. The van der Waals surface area contributed by atoms with Crippen LogP contribution in [0.1, 0.15) is 12.5 Å². The van der Waals surface area contributed by atoms with Crippen LogP contribution in [0.25, 0.3) is 0 Å². The number of benzene rings is 2. The molecular weight excluding hydrogens is 212 g/mol. The molecule has 3 rings (SSSR count). The third-order valence-corrected chi connectivity index (χ3v) is 2.87. The van der Waals surface area contributed by atoms with E-state index in [-0.39, 0.29) is 0 Å². The summed E-state index contributed by atoms with van der Waals surface area (Å²) in [4.78, 5) is 0. The predicted molar refractivity (Wildman–Crippen MR) is 66.2 cm³/mol. The Labute approximate surface area is 101 Å². The molecule has 2 nitrogen and oxygen atoms in total. The fourth-order valence-electron chi connectivity index (χ4n) is 2.14. The standard InChI is InChI=1S/C15H14O2/c1-15(11-12-7-3-2-4-8-12)16-13-9-5-6-10-14(13)17-15/h2-10H,11H2,1H3. The zero-order valence-electron chi connectivity index (χ0n) is 9.72. The molecule has 0 saturated carbocycles. The summed E-state index contributed by atoms with van der Waals surface area (Å²) in [6.07, 6.45) is 0.739. The molecule has 1 aliphatic heterocycles. The summed E-state index contributed by atoms with van der Waals surface area (Å²) >= 11 is 0. The van der Waals surface area contributed by atoms with Crippen LogP contribution in [0.4, 0.5) is 0 Å². The van der Waals surface area contributed by atoms with Crippen LogP contribution in [0.5, 0.6) is 11.5 Å². The Morgan fingerprint density at radius 3 is 1.94 bits per heavy atom. The van der Waals surface area contributed by atoms with E-state index in [1.54, 1.807) is 0 Å². The molecule has 0 bridgehead atoms. The van der Waals surface area contributed by atoms with E-state index in [4.69, 9.17) is 9.47 Å². The third-order valence-electron chi connectivity index (χ3n) is 2.87. The van der Waals surface area contributed by atoms with Crippen molar-refractivity contribution in [3.63, 3.8) is 0 Å². The quantitative estimate of drug-likeness (QED) is 0.781. The van der Waals surface area contributed by atoms with Gasteiger partial charge in [-0.2, -0.15) is 0 Å². The van der Waals surface area contributed by atoms with Crippen LogP contribution in [-0.4, -0.2) is 5.79 Å². The lowest BCUT2D eigenvalue weighted by Gasteiger charge is -2.23. The van der Waals surface area contributed by atoms with Crippen molar-refractivity contribution >= 4 is 0 Å². The van der Waals surface area contributed by atoms with Gasteiger partial charge in [-0.25, -0.2) is 0 Å². The number of para-hydroxylation sites is 2. The van der Waals surface area contributed by atoms with Gasteiger partial charge in [0.15, 0.2) is 11.5 Å². The highest BCUT2D eigenvalue weighted by Crippen LogP contribution is 2.40. The van der Waals surface area contributed by atoms with Crippen molar-refractivity contribution in [1.82, 2.24) is 0 Å². The molecule has 0 N–H and O–H groups in total. The van der Waals surface area contributed by atoms with Gasteiger partial charge in [0.1, 0.15) is 0 Å². The smallest absolute Gasteiger partial charge is 0.252 e. The molecule has 2 aromatic rings. The van der Waals surface area contributed by atoms with Gasteiger partial charge in [0, 0.05) is 13.3 Å². The van der Waals surface area contributed by atoms with Gasteiger partial charge < -0.3 is 9.47 Å². The number of fused-ring (bicyclic) bond motifs is 1. The third kappa shape index (κ3) is 1.98. The van der Waals surface area contributed by atoms with Gasteiger partial charge in [0.05, 0.1) is 0 Å². The largest absolute Gasteiger partial charge is 0.448 e. The lowest BCUT2D eigenvalue weighted by atomic mass is 10.1. The van der Waals surface area contributed by atoms with E-state index in [1.165, 1.54) is 5.56 Å². The van der Waals surface area contributed by atoms with Gasteiger partial charge in [0.25, 0.3) is 5.79 Å². The summed E-state index contributed by atoms with van der Waals surface area (Å²) in [5.74, 6) is 1.06. The molecule has 0 spiro atoms. The van der Waals surface area contributed by atoms with Crippen molar-refractivity contribution in [1.29, 1.82) is 0 Å². The molecule has 2 aromatic carbocycles. The van der Waals surface area contributed by atoms with Crippen LogP contribution in [0.2, 0.25) is 0 Å². The highest BCUT2D eigenvalue weighted by molar-refractivity contribution is 5.43. The fraction of sp³-hybridized carbons (Fsp3) is 0.200. The molecule has 0 amide bonds. The van der Waals surface area contributed by atoms with Gasteiger partial charge in [-0.3, -0.25) is 0 Å². The lowest BCUT2D eigenvalue weighted by molar-refractivity contribution is -0.0604. The summed E-state index contributed by atoms with van der Waals surface area (Å²) in [6.45, 7) is 1.97. The van der Waals surface area contributed by atoms with E-state index >= 15 is 0 Å². The minimum absolute atomic E-state index is 0.592. The van der Waals surface area contributed by atoms with E-state index < -0.39 is 5.79 Å². The maximum Gasteiger partial charge on any atom is 0.252 e. The number of ether oxygens (including phenoxy) is 2. The first-order chi connectivity index (χ1) is 8.25. The van der Waals surface area contributed by atoms with Gasteiger partial charge in [-0.15, -0.1) is 0 Å². The molecule has 1 aliphatic rings. The summed E-state index contributed by atoms with van der Waals surface area (Å²) in [6, 6.07) is 18.0. The second-order valence-electron chi connectivity index (χ2n) is 4.45. The number of hydrogen-bond acceptors (Lipinski definition) is 2. The highest BCUT2D eigenvalue weighted by Gasteiger charge is 2.36. The van der Waals surface area contributed by atoms with Crippen molar-refractivity contribution in [3.8, 4) is 11.5 Å². The molecule has 2 heteroatoms. The maximum atomic E-state index is 5.88. The van der Waals surface area contributed by atoms with E-state index in [0.29, 0.717) is 0 Å². The lowest BCUT2D eigenvalue weighted by Crippen LogP contribution is -2.37. The molecule has 0 aromatic heterocycles. The Balaban J connectivity index is 1.82. The van der Waals surface area contributed by atoms with Crippen LogP contribution in [0.3, 0.4) is 0 Å². The van der Waals surface area contributed by atoms with Crippen LogP contribution >= 0.6 is 0 Å². The zero-order chi connectivity index (χ0) is 11.7. The first kappa shape index (κ1) is 10.2. The van der Waals surface area contributed by atoms with E-state index in [0.717, 1.165) is 17.9 Å². The Bertz CT molecular complexity index is 494. The maximum absolute atomic E-state index is 5.88. The summed E-state index contributed by atoms with van der Waals surface area (Å²) in [7, 11) is 0. The molecular formula is C15H14O2. The summed E-state index contributed by atoms with van der Waals surface area (Å²) < 4.78 is 11.8. The first-order valence-corrected chi connectivity index (χ1v) is 5.76.